The Morgan fingerprint density at radius 3 is 2.15 bits per heavy atom. The van der Waals surface area contributed by atoms with E-state index in [0.717, 1.165) is 6.42 Å². The van der Waals surface area contributed by atoms with Crippen LogP contribution in [-0.4, -0.2) is 29.6 Å². The van der Waals surface area contributed by atoms with E-state index in [9.17, 15) is 9.59 Å². The maximum Gasteiger partial charge on any atom is 0.303 e. The molecule has 0 rings (SSSR count). The molecule has 1 amide bonds. The van der Waals surface area contributed by atoms with Gasteiger partial charge in [-0.25, -0.2) is 0 Å². The molecule has 0 spiro atoms. The van der Waals surface area contributed by atoms with Crippen molar-refractivity contribution in [1.29, 1.82) is 0 Å². The molecule has 0 aliphatic heterocycles. The van der Waals surface area contributed by atoms with Crippen LogP contribution < -0.4 is 11.1 Å². The summed E-state index contributed by atoms with van der Waals surface area (Å²) in [5, 5.41) is 11.6. The van der Waals surface area contributed by atoms with E-state index < -0.39 is 12.0 Å². The summed E-state index contributed by atoms with van der Waals surface area (Å²) < 4.78 is 0. The molecule has 0 saturated carbocycles. The van der Waals surface area contributed by atoms with Crippen molar-refractivity contribution < 1.29 is 14.7 Å². The van der Waals surface area contributed by atoms with Gasteiger partial charge in [0.25, 0.3) is 0 Å². The predicted octanol–water partition coefficient (Wildman–Crippen LogP) is 2.00. The van der Waals surface area contributed by atoms with Crippen molar-refractivity contribution in [3.8, 4) is 0 Å². The van der Waals surface area contributed by atoms with Crippen LogP contribution in [0.4, 0.5) is 0 Å². The predicted molar refractivity (Wildman–Crippen MR) is 80.3 cm³/mol. The average Bonchev–Trinajstić information content (AvgIpc) is 2.30. The number of carboxylic acid groups (broad SMARTS) is 1. The Labute approximate surface area is 122 Å². The Bertz CT molecular complexity index is 322. The Morgan fingerprint density at radius 2 is 1.75 bits per heavy atom. The van der Waals surface area contributed by atoms with Crippen LogP contribution in [-0.2, 0) is 9.59 Å². The van der Waals surface area contributed by atoms with Crippen molar-refractivity contribution in [3.63, 3.8) is 0 Å². The second-order valence-electron chi connectivity index (χ2n) is 6.86. The smallest absolute Gasteiger partial charge is 0.303 e. The first-order valence-electron chi connectivity index (χ1n) is 7.30. The van der Waals surface area contributed by atoms with Gasteiger partial charge in [-0.2, -0.15) is 0 Å². The summed E-state index contributed by atoms with van der Waals surface area (Å²) in [7, 11) is 0. The monoisotopic (exact) mass is 286 g/mol. The van der Waals surface area contributed by atoms with Gasteiger partial charge in [0.2, 0.25) is 5.91 Å². The highest BCUT2D eigenvalue weighted by atomic mass is 16.4. The van der Waals surface area contributed by atoms with Crippen LogP contribution >= 0.6 is 0 Å². The Hall–Kier alpha value is -1.10. The van der Waals surface area contributed by atoms with Gasteiger partial charge in [-0.15, -0.1) is 0 Å². The van der Waals surface area contributed by atoms with Gasteiger partial charge in [0, 0.05) is 13.0 Å². The van der Waals surface area contributed by atoms with Crippen molar-refractivity contribution in [2.24, 2.45) is 23.0 Å². The average molecular weight is 286 g/mol. The molecule has 5 heteroatoms. The van der Waals surface area contributed by atoms with Crippen LogP contribution in [0.5, 0.6) is 0 Å². The maximum absolute atomic E-state index is 11.9. The van der Waals surface area contributed by atoms with Crippen molar-refractivity contribution in [3.05, 3.63) is 0 Å². The number of carbonyl (C=O) groups excluding carboxylic acids is 1. The molecular weight excluding hydrogens is 256 g/mol. The van der Waals surface area contributed by atoms with Crippen molar-refractivity contribution in [2.45, 2.75) is 59.9 Å². The van der Waals surface area contributed by atoms with E-state index in [1.165, 1.54) is 0 Å². The molecule has 0 radical (unpaired) electrons. The molecule has 0 aromatic rings. The van der Waals surface area contributed by atoms with Crippen LogP contribution in [0.2, 0.25) is 0 Å². The SMILES string of the molecule is CC(C)C(CCNC(=O)C(N)C(C)(C)C)CCC(=O)O. The summed E-state index contributed by atoms with van der Waals surface area (Å²) in [4.78, 5) is 22.5. The van der Waals surface area contributed by atoms with Gasteiger partial charge in [-0.3, -0.25) is 9.59 Å². The molecule has 5 nitrogen and oxygen atoms in total. The second-order valence-corrected chi connectivity index (χ2v) is 6.86. The van der Waals surface area contributed by atoms with E-state index in [2.05, 4.69) is 19.2 Å². The van der Waals surface area contributed by atoms with Crippen LogP contribution in [0.1, 0.15) is 53.9 Å². The lowest BCUT2D eigenvalue weighted by Crippen LogP contribution is -2.49. The number of carboxylic acids is 1. The second kappa shape index (κ2) is 8.25. The normalized spacial score (nSPS) is 14.9. The summed E-state index contributed by atoms with van der Waals surface area (Å²) in [5.74, 6) is -0.201. The Kier molecular flexibility index (Phi) is 7.79. The zero-order chi connectivity index (χ0) is 15.9. The molecule has 0 aromatic heterocycles. The van der Waals surface area contributed by atoms with E-state index in [4.69, 9.17) is 10.8 Å². The van der Waals surface area contributed by atoms with E-state index in [-0.39, 0.29) is 17.7 Å². The first kappa shape index (κ1) is 18.9. The number of amides is 1. The molecule has 0 bridgehead atoms. The van der Waals surface area contributed by atoms with Crippen molar-refractivity contribution in [2.75, 3.05) is 6.54 Å². The van der Waals surface area contributed by atoms with E-state index in [1.807, 2.05) is 20.8 Å². The third-order valence-electron chi connectivity index (χ3n) is 3.70. The van der Waals surface area contributed by atoms with Gasteiger partial charge in [0.1, 0.15) is 0 Å². The summed E-state index contributed by atoms with van der Waals surface area (Å²) in [5.41, 5.74) is 5.62. The first-order valence-corrected chi connectivity index (χ1v) is 7.30. The molecule has 0 saturated heterocycles. The minimum absolute atomic E-state index is 0.141. The number of rotatable bonds is 8. The molecule has 2 atom stereocenters. The van der Waals surface area contributed by atoms with E-state index in [0.29, 0.717) is 24.8 Å². The minimum Gasteiger partial charge on any atom is -0.481 e. The topological polar surface area (TPSA) is 92.4 Å². The van der Waals surface area contributed by atoms with Crippen molar-refractivity contribution in [1.82, 2.24) is 5.32 Å². The zero-order valence-electron chi connectivity index (χ0n) is 13.4. The zero-order valence-corrected chi connectivity index (χ0v) is 13.4. The molecule has 118 valence electrons. The number of carbonyl (C=O) groups is 2. The number of nitrogens with one attached hydrogen (secondary N) is 1. The van der Waals surface area contributed by atoms with Gasteiger partial charge in [0.15, 0.2) is 0 Å². The standard InChI is InChI=1S/C15H30N2O3/c1-10(2)11(6-7-12(18)19)8-9-17-14(20)13(16)15(3,4)5/h10-11,13H,6-9,16H2,1-5H3,(H,17,20)(H,18,19). The molecule has 0 fully saturated rings. The summed E-state index contributed by atoms with van der Waals surface area (Å²) >= 11 is 0. The lowest BCUT2D eigenvalue weighted by molar-refractivity contribution is -0.137. The maximum atomic E-state index is 11.9. The van der Waals surface area contributed by atoms with Gasteiger partial charge in [0.05, 0.1) is 6.04 Å². The number of hydrogen-bond donors (Lipinski definition) is 3. The molecule has 0 aliphatic carbocycles. The van der Waals surface area contributed by atoms with Gasteiger partial charge < -0.3 is 16.2 Å². The third-order valence-corrected chi connectivity index (χ3v) is 3.70. The lowest BCUT2D eigenvalue weighted by Gasteiger charge is -2.26. The van der Waals surface area contributed by atoms with E-state index >= 15 is 0 Å². The summed E-state index contributed by atoms with van der Waals surface area (Å²) in [6.07, 6.45) is 1.61. The molecule has 0 aliphatic rings. The molecule has 0 heterocycles. The fourth-order valence-corrected chi connectivity index (χ4v) is 2.00. The molecule has 0 aromatic carbocycles. The first-order chi connectivity index (χ1) is 9.05. The fraction of sp³-hybridized carbons (Fsp3) is 0.867. The summed E-state index contributed by atoms with van der Waals surface area (Å²) in [6, 6.07) is -0.529. The quantitative estimate of drug-likeness (QED) is 0.636. The highest BCUT2D eigenvalue weighted by molar-refractivity contribution is 5.82. The van der Waals surface area contributed by atoms with Crippen LogP contribution in [0.25, 0.3) is 0 Å². The van der Waals surface area contributed by atoms with Gasteiger partial charge in [-0.1, -0.05) is 34.6 Å². The van der Waals surface area contributed by atoms with E-state index in [1.54, 1.807) is 0 Å². The summed E-state index contributed by atoms with van der Waals surface area (Å²) in [6.45, 7) is 10.5. The van der Waals surface area contributed by atoms with Gasteiger partial charge >= 0.3 is 5.97 Å². The number of hydrogen-bond acceptors (Lipinski definition) is 3. The Morgan fingerprint density at radius 1 is 1.20 bits per heavy atom. The Balaban J connectivity index is 4.18. The fourth-order valence-electron chi connectivity index (χ4n) is 2.00. The van der Waals surface area contributed by atoms with Crippen molar-refractivity contribution >= 4 is 11.9 Å². The highest BCUT2D eigenvalue weighted by Crippen LogP contribution is 2.21. The largest absolute Gasteiger partial charge is 0.481 e. The number of aliphatic carboxylic acids is 1. The lowest BCUT2D eigenvalue weighted by atomic mass is 9.86. The van der Waals surface area contributed by atoms with Crippen LogP contribution in [0.15, 0.2) is 0 Å². The molecular formula is C15H30N2O3. The number of nitrogens with two attached hydrogens (primary N) is 1. The minimum atomic E-state index is -0.769. The molecule has 20 heavy (non-hydrogen) atoms. The van der Waals surface area contributed by atoms with Crippen LogP contribution in [0.3, 0.4) is 0 Å². The van der Waals surface area contributed by atoms with Gasteiger partial charge in [-0.05, 0) is 30.1 Å². The third kappa shape index (κ3) is 7.48. The van der Waals surface area contributed by atoms with Crippen LogP contribution in [0, 0.1) is 17.3 Å². The molecule has 4 N–H and O–H groups in total. The molecule has 2 unspecified atom stereocenters. The highest BCUT2D eigenvalue weighted by Gasteiger charge is 2.27.